The number of hydrogen-bond donors (Lipinski definition) is 2. The molecular formula is C23H29ClN6O3. The fourth-order valence-corrected chi connectivity index (χ4v) is 3.64. The maximum Gasteiger partial charge on any atom is 0.253 e. The SMILES string of the molecule is COc1nc(N[C@@H]2CCN(C(=O)c3ccc(NC(=O)/C=C/CN(C)C)c(C)c3)C2)ncc1Cl. The maximum atomic E-state index is 13.0. The number of likely N-dealkylation sites (tertiary alicyclic amines) is 1. The van der Waals surface area contributed by atoms with Gasteiger partial charge in [0.15, 0.2) is 0 Å². The van der Waals surface area contributed by atoms with Crippen LogP contribution in [0.4, 0.5) is 11.6 Å². The number of carbonyl (C=O) groups is 2. The van der Waals surface area contributed by atoms with Crippen molar-refractivity contribution in [3.05, 3.63) is 52.7 Å². The third-order valence-electron chi connectivity index (χ3n) is 5.18. The summed E-state index contributed by atoms with van der Waals surface area (Å²) in [5, 5.41) is 6.43. The van der Waals surface area contributed by atoms with Crippen LogP contribution in [0.15, 0.2) is 36.5 Å². The number of halogens is 1. The van der Waals surface area contributed by atoms with Crippen LogP contribution >= 0.6 is 11.6 Å². The standard InChI is InChI=1S/C23H29ClN6O3/c1-15-12-16(7-8-19(15)27-20(31)6-5-10-29(2)3)22(32)30-11-9-17(14-30)26-23-25-13-18(24)21(28-23)33-4/h5-8,12-13,17H,9-11,14H2,1-4H3,(H,27,31)(H,25,26,28)/b6-5+/t17-/m1/s1. The molecular weight excluding hydrogens is 444 g/mol. The second kappa shape index (κ2) is 11.1. The molecule has 176 valence electrons. The fraction of sp³-hybridized carbons (Fsp3) is 0.391. The van der Waals surface area contributed by atoms with Crippen molar-refractivity contribution >= 4 is 35.1 Å². The van der Waals surface area contributed by atoms with E-state index in [4.69, 9.17) is 16.3 Å². The Balaban J connectivity index is 1.58. The molecule has 1 aromatic carbocycles. The van der Waals surface area contributed by atoms with Crippen LogP contribution in [-0.4, -0.2) is 78.5 Å². The molecule has 1 fully saturated rings. The average molecular weight is 473 g/mol. The van der Waals surface area contributed by atoms with Gasteiger partial charge >= 0.3 is 0 Å². The molecule has 33 heavy (non-hydrogen) atoms. The van der Waals surface area contributed by atoms with E-state index in [1.807, 2.05) is 25.9 Å². The lowest BCUT2D eigenvalue weighted by atomic mass is 10.1. The highest BCUT2D eigenvalue weighted by atomic mass is 35.5. The van der Waals surface area contributed by atoms with Gasteiger partial charge in [-0.25, -0.2) is 4.98 Å². The van der Waals surface area contributed by atoms with E-state index < -0.39 is 0 Å². The van der Waals surface area contributed by atoms with Crippen molar-refractivity contribution in [3.8, 4) is 5.88 Å². The lowest BCUT2D eigenvalue weighted by Crippen LogP contribution is -2.32. The summed E-state index contributed by atoms with van der Waals surface area (Å²) in [7, 11) is 5.36. The molecule has 3 rings (SSSR count). The molecule has 2 amide bonds. The molecule has 1 atom stereocenters. The topological polar surface area (TPSA) is 99.7 Å². The van der Waals surface area contributed by atoms with Gasteiger partial charge in [-0.2, -0.15) is 4.98 Å². The molecule has 0 aliphatic carbocycles. The van der Waals surface area contributed by atoms with Crippen LogP contribution in [0.25, 0.3) is 0 Å². The van der Waals surface area contributed by atoms with Crippen molar-refractivity contribution in [2.75, 3.05) is 51.5 Å². The Morgan fingerprint density at radius 1 is 1.36 bits per heavy atom. The Morgan fingerprint density at radius 3 is 2.85 bits per heavy atom. The number of anilines is 2. The molecule has 1 aliphatic rings. The molecule has 1 saturated heterocycles. The normalized spacial score (nSPS) is 15.8. The van der Waals surface area contributed by atoms with E-state index in [-0.39, 0.29) is 17.9 Å². The van der Waals surface area contributed by atoms with Crippen molar-refractivity contribution in [2.45, 2.75) is 19.4 Å². The van der Waals surface area contributed by atoms with E-state index in [1.54, 1.807) is 29.2 Å². The Morgan fingerprint density at radius 2 is 2.15 bits per heavy atom. The van der Waals surface area contributed by atoms with Gasteiger partial charge in [-0.3, -0.25) is 9.59 Å². The van der Waals surface area contributed by atoms with Gasteiger partial charge in [0.05, 0.1) is 13.3 Å². The molecule has 0 spiro atoms. The van der Waals surface area contributed by atoms with Crippen LogP contribution in [0.3, 0.4) is 0 Å². The number of ether oxygens (including phenoxy) is 1. The van der Waals surface area contributed by atoms with Gasteiger partial charge in [0, 0.05) is 43.0 Å². The molecule has 0 bridgehead atoms. The second-order valence-electron chi connectivity index (χ2n) is 8.12. The van der Waals surface area contributed by atoms with Crippen molar-refractivity contribution in [3.63, 3.8) is 0 Å². The summed E-state index contributed by atoms with van der Waals surface area (Å²) in [5.41, 5.74) is 2.09. The lowest BCUT2D eigenvalue weighted by Gasteiger charge is -2.18. The summed E-state index contributed by atoms with van der Waals surface area (Å²) >= 11 is 5.97. The molecule has 0 unspecified atom stereocenters. The zero-order valence-electron chi connectivity index (χ0n) is 19.3. The first-order valence-electron chi connectivity index (χ1n) is 10.6. The second-order valence-corrected chi connectivity index (χ2v) is 8.52. The summed E-state index contributed by atoms with van der Waals surface area (Å²) in [4.78, 5) is 37.3. The minimum atomic E-state index is -0.200. The minimum Gasteiger partial charge on any atom is -0.480 e. The Labute approximate surface area is 198 Å². The van der Waals surface area contributed by atoms with E-state index in [0.717, 1.165) is 12.0 Å². The number of hydrogen-bond acceptors (Lipinski definition) is 7. The van der Waals surface area contributed by atoms with Crippen LogP contribution < -0.4 is 15.4 Å². The molecule has 10 heteroatoms. The highest BCUT2D eigenvalue weighted by molar-refractivity contribution is 6.31. The molecule has 0 saturated carbocycles. The zero-order valence-corrected chi connectivity index (χ0v) is 20.0. The van der Waals surface area contributed by atoms with Gasteiger partial charge < -0.3 is 25.2 Å². The summed E-state index contributed by atoms with van der Waals surface area (Å²) in [6.07, 6.45) is 5.56. The highest BCUT2D eigenvalue weighted by Gasteiger charge is 2.28. The number of nitrogens with one attached hydrogen (secondary N) is 2. The average Bonchev–Trinajstić information content (AvgIpc) is 3.24. The molecule has 2 aromatic rings. The first kappa shape index (κ1) is 24.5. The molecule has 9 nitrogen and oxygen atoms in total. The predicted octanol–water partition coefficient (Wildman–Crippen LogP) is 2.83. The van der Waals surface area contributed by atoms with Gasteiger partial charge in [0.1, 0.15) is 5.02 Å². The van der Waals surface area contributed by atoms with E-state index in [2.05, 4.69) is 20.6 Å². The van der Waals surface area contributed by atoms with Crippen LogP contribution in [0.2, 0.25) is 5.02 Å². The largest absolute Gasteiger partial charge is 0.480 e. The predicted molar refractivity (Wildman–Crippen MR) is 129 cm³/mol. The summed E-state index contributed by atoms with van der Waals surface area (Å²) < 4.78 is 5.12. The lowest BCUT2D eigenvalue weighted by molar-refractivity contribution is -0.111. The van der Waals surface area contributed by atoms with Crippen molar-refractivity contribution in [1.29, 1.82) is 0 Å². The quantitative estimate of drug-likeness (QED) is 0.570. The number of nitrogens with zero attached hydrogens (tertiary/aromatic N) is 4. The van der Waals surface area contributed by atoms with E-state index in [0.29, 0.717) is 47.7 Å². The van der Waals surface area contributed by atoms with E-state index in [9.17, 15) is 9.59 Å². The number of rotatable bonds is 8. The van der Waals surface area contributed by atoms with Gasteiger partial charge in [-0.05, 0) is 51.2 Å². The van der Waals surface area contributed by atoms with Gasteiger partial charge in [-0.1, -0.05) is 17.7 Å². The fourth-order valence-electron chi connectivity index (χ4n) is 3.47. The Kier molecular flexibility index (Phi) is 8.24. The van der Waals surface area contributed by atoms with Crippen molar-refractivity contribution in [2.24, 2.45) is 0 Å². The summed E-state index contributed by atoms with van der Waals surface area (Å²) in [5.74, 6) is 0.455. The number of aryl methyl sites for hydroxylation is 1. The molecule has 1 aromatic heterocycles. The molecule has 2 heterocycles. The van der Waals surface area contributed by atoms with Crippen LogP contribution in [-0.2, 0) is 4.79 Å². The van der Waals surface area contributed by atoms with E-state index in [1.165, 1.54) is 19.4 Å². The molecule has 2 N–H and O–H groups in total. The zero-order chi connectivity index (χ0) is 24.0. The number of benzene rings is 1. The molecule has 0 radical (unpaired) electrons. The third kappa shape index (κ3) is 6.66. The van der Waals surface area contributed by atoms with Crippen LogP contribution in [0.1, 0.15) is 22.3 Å². The molecule has 1 aliphatic heterocycles. The number of carbonyl (C=O) groups excluding carboxylic acids is 2. The number of amides is 2. The first-order valence-corrected chi connectivity index (χ1v) is 11.0. The van der Waals surface area contributed by atoms with Crippen LogP contribution in [0, 0.1) is 6.92 Å². The van der Waals surface area contributed by atoms with Gasteiger partial charge in [-0.15, -0.1) is 0 Å². The smallest absolute Gasteiger partial charge is 0.253 e. The Bertz CT molecular complexity index is 1040. The maximum absolute atomic E-state index is 13.0. The van der Waals surface area contributed by atoms with Crippen molar-refractivity contribution in [1.82, 2.24) is 19.8 Å². The van der Waals surface area contributed by atoms with E-state index >= 15 is 0 Å². The van der Waals surface area contributed by atoms with Gasteiger partial charge in [0.25, 0.3) is 5.91 Å². The third-order valence-corrected chi connectivity index (χ3v) is 5.44. The number of likely N-dealkylation sites (N-methyl/N-ethyl adjacent to an activating group) is 1. The summed E-state index contributed by atoms with van der Waals surface area (Å²) in [6, 6.07) is 5.32. The summed E-state index contributed by atoms with van der Waals surface area (Å²) in [6.45, 7) is 3.70. The van der Waals surface area contributed by atoms with Gasteiger partial charge in [0.2, 0.25) is 17.7 Å². The Hall–Kier alpha value is -3.17. The highest BCUT2D eigenvalue weighted by Crippen LogP contribution is 2.23. The monoisotopic (exact) mass is 472 g/mol. The first-order chi connectivity index (χ1) is 15.8. The van der Waals surface area contributed by atoms with Crippen molar-refractivity contribution < 1.29 is 14.3 Å². The number of aromatic nitrogens is 2. The van der Waals surface area contributed by atoms with Crippen LogP contribution in [0.5, 0.6) is 5.88 Å². The number of methoxy groups -OCH3 is 1. The minimum absolute atomic E-state index is 0.0217.